The predicted octanol–water partition coefficient (Wildman–Crippen LogP) is 2.95. The van der Waals surface area contributed by atoms with E-state index in [1.54, 1.807) is 12.4 Å². The summed E-state index contributed by atoms with van der Waals surface area (Å²) in [7, 11) is 0. The number of nitrogens with one attached hydrogen (secondary N) is 1. The molecule has 0 aliphatic carbocycles. The molecule has 132 valence electrons. The van der Waals surface area contributed by atoms with Crippen molar-refractivity contribution in [2.24, 2.45) is 5.92 Å². The van der Waals surface area contributed by atoms with Gasteiger partial charge in [-0.2, -0.15) is 0 Å². The number of hydrogen-bond donors (Lipinski definition) is 2. The van der Waals surface area contributed by atoms with Gasteiger partial charge in [0, 0.05) is 12.4 Å². The number of rotatable bonds is 9. The summed E-state index contributed by atoms with van der Waals surface area (Å²) in [5.41, 5.74) is 3.06. The van der Waals surface area contributed by atoms with E-state index in [9.17, 15) is 14.7 Å². The highest BCUT2D eigenvalue weighted by Gasteiger charge is 2.22. The van der Waals surface area contributed by atoms with Crippen molar-refractivity contribution in [1.29, 1.82) is 0 Å². The fourth-order valence-electron chi connectivity index (χ4n) is 2.74. The Balaban J connectivity index is 2.03. The van der Waals surface area contributed by atoms with E-state index in [1.807, 2.05) is 50.2 Å². The summed E-state index contributed by atoms with van der Waals surface area (Å²) in [5, 5.41) is 12.3. The number of nitrogens with zero attached hydrogens (tertiary/aromatic N) is 1. The lowest BCUT2D eigenvalue weighted by Crippen LogP contribution is -2.45. The average molecular weight is 340 g/mol. The van der Waals surface area contributed by atoms with Crippen LogP contribution in [0.4, 0.5) is 0 Å². The first-order valence-electron chi connectivity index (χ1n) is 8.43. The number of benzene rings is 1. The molecule has 0 saturated carbocycles. The molecule has 1 aromatic carbocycles. The molecule has 0 aliphatic rings. The Morgan fingerprint density at radius 1 is 1.20 bits per heavy atom. The molecule has 0 unspecified atom stereocenters. The molecule has 0 bridgehead atoms. The Morgan fingerprint density at radius 2 is 1.92 bits per heavy atom. The second kappa shape index (κ2) is 9.08. The molecule has 0 aliphatic heterocycles. The van der Waals surface area contributed by atoms with Crippen molar-refractivity contribution in [3.63, 3.8) is 0 Å². The molecule has 2 atom stereocenters. The molecule has 2 aromatic rings. The zero-order valence-electron chi connectivity index (χ0n) is 14.6. The number of aldehydes is 1. The van der Waals surface area contributed by atoms with Gasteiger partial charge in [0.25, 0.3) is 0 Å². The molecule has 0 spiro atoms. The molecule has 25 heavy (non-hydrogen) atoms. The monoisotopic (exact) mass is 340 g/mol. The van der Waals surface area contributed by atoms with E-state index in [1.165, 1.54) is 0 Å². The minimum atomic E-state index is -0.924. The molecule has 0 saturated heterocycles. The van der Waals surface area contributed by atoms with E-state index in [4.69, 9.17) is 0 Å². The van der Waals surface area contributed by atoms with Crippen molar-refractivity contribution in [2.45, 2.75) is 38.8 Å². The second-order valence-electron chi connectivity index (χ2n) is 6.57. The van der Waals surface area contributed by atoms with Gasteiger partial charge in [0.15, 0.2) is 0 Å². The normalized spacial score (nSPS) is 13.4. The number of pyridine rings is 1. The number of carbonyl (C=O) groups excluding carboxylic acids is 1. The Hall–Kier alpha value is -2.53. The van der Waals surface area contributed by atoms with E-state index in [0.717, 1.165) is 23.0 Å². The van der Waals surface area contributed by atoms with Crippen LogP contribution < -0.4 is 5.32 Å². The van der Waals surface area contributed by atoms with Gasteiger partial charge in [-0.3, -0.25) is 15.1 Å². The summed E-state index contributed by atoms with van der Waals surface area (Å²) in [6, 6.07) is 10.5. The molecule has 1 heterocycles. The maximum Gasteiger partial charge on any atom is 0.320 e. The zero-order chi connectivity index (χ0) is 18.2. The Kier molecular flexibility index (Phi) is 6.83. The Labute approximate surface area is 148 Å². The van der Waals surface area contributed by atoms with E-state index in [2.05, 4.69) is 10.3 Å². The van der Waals surface area contributed by atoms with Gasteiger partial charge in [-0.15, -0.1) is 0 Å². The van der Waals surface area contributed by atoms with Gasteiger partial charge in [-0.1, -0.05) is 44.2 Å². The quantitative estimate of drug-likeness (QED) is 0.686. The van der Waals surface area contributed by atoms with Gasteiger partial charge in [0.05, 0.1) is 6.04 Å². The molecule has 5 heteroatoms. The van der Waals surface area contributed by atoms with Crippen molar-refractivity contribution in [2.75, 3.05) is 0 Å². The summed E-state index contributed by atoms with van der Waals surface area (Å²) < 4.78 is 0. The highest BCUT2D eigenvalue weighted by atomic mass is 16.4. The minimum absolute atomic E-state index is 0.236. The third-order valence-corrected chi connectivity index (χ3v) is 3.99. The van der Waals surface area contributed by atoms with Crippen LogP contribution >= 0.6 is 0 Å². The summed E-state index contributed by atoms with van der Waals surface area (Å²) in [6.45, 7) is 3.93. The van der Waals surface area contributed by atoms with Crippen LogP contribution in [0.1, 0.15) is 25.8 Å². The lowest BCUT2D eigenvalue weighted by Gasteiger charge is -2.21. The first-order chi connectivity index (χ1) is 12.0. The van der Waals surface area contributed by atoms with Crippen molar-refractivity contribution >= 4 is 12.3 Å². The van der Waals surface area contributed by atoms with Crippen molar-refractivity contribution < 1.29 is 14.7 Å². The molecule has 0 amide bonds. The van der Waals surface area contributed by atoms with Crippen LogP contribution in [0.3, 0.4) is 0 Å². The number of carboxylic acid groups (broad SMARTS) is 1. The first-order valence-corrected chi connectivity index (χ1v) is 8.43. The third-order valence-electron chi connectivity index (χ3n) is 3.99. The van der Waals surface area contributed by atoms with E-state index in [-0.39, 0.29) is 5.92 Å². The van der Waals surface area contributed by atoms with Crippen molar-refractivity contribution in [3.05, 3.63) is 54.4 Å². The van der Waals surface area contributed by atoms with Crippen LogP contribution in [0, 0.1) is 5.92 Å². The van der Waals surface area contributed by atoms with Crippen LogP contribution in [0.2, 0.25) is 0 Å². The smallest absolute Gasteiger partial charge is 0.320 e. The zero-order valence-corrected chi connectivity index (χ0v) is 14.6. The van der Waals surface area contributed by atoms with E-state index in [0.29, 0.717) is 12.8 Å². The maximum atomic E-state index is 11.4. The molecule has 0 fully saturated rings. The topological polar surface area (TPSA) is 79.3 Å². The minimum Gasteiger partial charge on any atom is -0.480 e. The molecule has 2 N–H and O–H groups in total. The highest BCUT2D eigenvalue weighted by molar-refractivity contribution is 5.74. The number of carboxylic acids is 1. The summed E-state index contributed by atoms with van der Waals surface area (Å²) in [5.74, 6) is -0.688. The standard InChI is InChI=1S/C20H24N2O3/c1-14(2)10-19(20(24)25)22-18(13-23)11-15-5-7-16(8-6-15)17-4-3-9-21-12-17/h3-9,12-14,18-19,22H,10-11H2,1-2H3,(H,24,25)/t18-,19-/m0/s1. The Bertz CT molecular complexity index is 684. The van der Waals surface area contributed by atoms with Gasteiger partial charge in [0.1, 0.15) is 12.3 Å². The van der Waals surface area contributed by atoms with Gasteiger partial charge >= 0.3 is 5.97 Å². The number of aromatic nitrogens is 1. The number of hydrogen-bond acceptors (Lipinski definition) is 4. The van der Waals surface area contributed by atoms with Crippen LogP contribution in [-0.2, 0) is 16.0 Å². The van der Waals surface area contributed by atoms with Crippen LogP contribution in [0.15, 0.2) is 48.8 Å². The molecule has 2 rings (SSSR count). The highest BCUT2D eigenvalue weighted by Crippen LogP contribution is 2.19. The first kappa shape index (κ1) is 18.8. The third kappa shape index (κ3) is 5.80. The molecule has 0 radical (unpaired) electrons. The number of aliphatic carboxylic acids is 1. The predicted molar refractivity (Wildman–Crippen MR) is 97.2 cm³/mol. The molecular weight excluding hydrogens is 316 g/mol. The SMILES string of the molecule is CC(C)C[C@H](N[C@H](C=O)Cc1ccc(-c2cccnc2)cc1)C(=O)O. The van der Waals surface area contributed by atoms with Gasteiger partial charge in [0.2, 0.25) is 0 Å². The maximum absolute atomic E-state index is 11.4. The van der Waals surface area contributed by atoms with Crippen molar-refractivity contribution in [1.82, 2.24) is 10.3 Å². The van der Waals surface area contributed by atoms with Crippen LogP contribution in [0.25, 0.3) is 11.1 Å². The molecule has 5 nitrogen and oxygen atoms in total. The Morgan fingerprint density at radius 3 is 2.44 bits per heavy atom. The van der Waals surface area contributed by atoms with Crippen molar-refractivity contribution in [3.8, 4) is 11.1 Å². The van der Waals surface area contributed by atoms with E-state index < -0.39 is 18.1 Å². The molecular formula is C20H24N2O3. The lowest BCUT2D eigenvalue weighted by atomic mass is 9.99. The summed E-state index contributed by atoms with van der Waals surface area (Å²) in [6.07, 6.45) is 5.26. The fourth-order valence-corrected chi connectivity index (χ4v) is 2.74. The second-order valence-corrected chi connectivity index (χ2v) is 6.57. The largest absolute Gasteiger partial charge is 0.480 e. The van der Waals surface area contributed by atoms with Gasteiger partial charge in [-0.25, -0.2) is 0 Å². The van der Waals surface area contributed by atoms with Gasteiger partial charge in [-0.05, 0) is 41.5 Å². The van der Waals surface area contributed by atoms with Gasteiger partial charge < -0.3 is 9.90 Å². The summed E-state index contributed by atoms with van der Waals surface area (Å²) in [4.78, 5) is 26.8. The average Bonchev–Trinajstić information content (AvgIpc) is 2.61. The van der Waals surface area contributed by atoms with Crippen LogP contribution in [0.5, 0.6) is 0 Å². The number of carbonyl (C=O) groups is 2. The van der Waals surface area contributed by atoms with Crippen LogP contribution in [-0.4, -0.2) is 34.4 Å². The summed E-state index contributed by atoms with van der Waals surface area (Å²) >= 11 is 0. The van der Waals surface area contributed by atoms with E-state index >= 15 is 0 Å². The lowest BCUT2D eigenvalue weighted by molar-refractivity contribution is -0.140. The molecule has 1 aromatic heterocycles. The fraction of sp³-hybridized carbons (Fsp3) is 0.350.